The average molecular weight is 413 g/mol. The molecule has 0 bridgehead atoms. The Morgan fingerprint density at radius 1 is 1.11 bits per heavy atom. The van der Waals surface area contributed by atoms with E-state index in [1.54, 1.807) is 19.2 Å². The van der Waals surface area contributed by atoms with Crippen LogP contribution in [0.2, 0.25) is 5.02 Å². The molecule has 2 amide bonds. The lowest BCUT2D eigenvalue weighted by Gasteiger charge is -2.21. The van der Waals surface area contributed by atoms with Crippen LogP contribution in [0.4, 0.5) is 0 Å². The first-order valence-electron chi connectivity index (χ1n) is 10.00. The van der Waals surface area contributed by atoms with E-state index >= 15 is 0 Å². The lowest BCUT2D eigenvalue weighted by atomic mass is 10.1. The summed E-state index contributed by atoms with van der Waals surface area (Å²) < 4.78 is 10.8. The number of hydrogen-bond donors (Lipinski definition) is 1. The van der Waals surface area contributed by atoms with E-state index in [9.17, 15) is 9.59 Å². The topological polar surface area (TPSA) is 67.9 Å². The molecule has 0 fully saturated rings. The van der Waals surface area contributed by atoms with Gasteiger partial charge in [0.1, 0.15) is 0 Å². The molecule has 1 rings (SSSR count). The van der Waals surface area contributed by atoms with Crippen LogP contribution in [0.5, 0.6) is 11.5 Å². The maximum atomic E-state index is 12.2. The Bertz CT molecular complexity index is 631. The number of hydrogen-bond acceptors (Lipinski definition) is 4. The van der Waals surface area contributed by atoms with Gasteiger partial charge in [-0.25, -0.2) is 0 Å². The number of nitrogens with one attached hydrogen (secondary N) is 1. The van der Waals surface area contributed by atoms with Gasteiger partial charge in [0, 0.05) is 32.5 Å². The van der Waals surface area contributed by atoms with Gasteiger partial charge in [-0.05, 0) is 43.9 Å². The fourth-order valence-electron chi connectivity index (χ4n) is 2.91. The average Bonchev–Trinajstić information content (AvgIpc) is 2.67. The van der Waals surface area contributed by atoms with Crippen molar-refractivity contribution in [3.05, 3.63) is 22.7 Å². The summed E-state index contributed by atoms with van der Waals surface area (Å²) in [7, 11) is 1.55. The Balaban J connectivity index is 2.48. The summed E-state index contributed by atoms with van der Waals surface area (Å²) >= 11 is 6.25. The van der Waals surface area contributed by atoms with Gasteiger partial charge in [-0.3, -0.25) is 9.59 Å². The second kappa shape index (κ2) is 13.3. The lowest BCUT2D eigenvalue weighted by molar-refractivity contribution is -0.131. The van der Waals surface area contributed by atoms with Crippen LogP contribution in [0, 0.1) is 0 Å². The molecule has 1 aromatic carbocycles. The maximum Gasteiger partial charge on any atom is 0.222 e. The van der Waals surface area contributed by atoms with Crippen LogP contribution in [0.15, 0.2) is 12.1 Å². The second-order valence-corrected chi connectivity index (χ2v) is 6.96. The van der Waals surface area contributed by atoms with Crippen LogP contribution in [-0.4, -0.2) is 43.5 Å². The van der Waals surface area contributed by atoms with Gasteiger partial charge in [0.05, 0.1) is 18.7 Å². The van der Waals surface area contributed by atoms with Gasteiger partial charge < -0.3 is 19.7 Å². The van der Waals surface area contributed by atoms with Crippen LogP contribution in [0.3, 0.4) is 0 Å². The molecule has 0 aromatic heterocycles. The third kappa shape index (κ3) is 7.97. The normalized spacial score (nSPS) is 10.5. The van der Waals surface area contributed by atoms with Crippen LogP contribution in [0.1, 0.15) is 58.4 Å². The largest absolute Gasteiger partial charge is 0.493 e. The molecule has 0 aliphatic carbocycles. The fourth-order valence-corrected chi connectivity index (χ4v) is 3.20. The molecule has 28 heavy (non-hydrogen) atoms. The summed E-state index contributed by atoms with van der Waals surface area (Å²) in [5, 5.41) is 3.31. The molecule has 0 radical (unpaired) electrons. The fraction of sp³-hybridized carbons (Fsp3) is 0.619. The number of ether oxygens (including phenoxy) is 2. The Morgan fingerprint density at radius 2 is 1.79 bits per heavy atom. The zero-order chi connectivity index (χ0) is 20.9. The third-order valence-corrected chi connectivity index (χ3v) is 4.48. The first-order chi connectivity index (χ1) is 13.5. The summed E-state index contributed by atoms with van der Waals surface area (Å²) in [5.74, 6) is 1.08. The van der Waals surface area contributed by atoms with Crippen molar-refractivity contribution in [1.82, 2.24) is 10.2 Å². The highest BCUT2D eigenvalue weighted by atomic mass is 35.5. The van der Waals surface area contributed by atoms with E-state index in [0.29, 0.717) is 48.9 Å². The van der Waals surface area contributed by atoms with E-state index in [-0.39, 0.29) is 11.8 Å². The molecule has 0 unspecified atom stereocenters. The molecule has 1 N–H and O–H groups in total. The van der Waals surface area contributed by atoms with Crippen LogP contribution < -0.4 is 14.8 Å². The van der Waals surface area contributed by atoms with Crippen molar-refractivity contribution in [2.45, 2.75) is 59.4 Å². The zero-order valence-electron chi connectivity index (χ0n) is 17.5. The van der Waals surface area contributed by atoms with E-state index in [4.69, 9.17) is 21.1 Å². The van der Waals surface area contributed by atoms with Crippen LogP contribution in [0.25, 0.3) is 0 Å². The summed E-state index contributed by atoms with van der Waals surface area (Å²) in [4.78, 5) is 26.2. The van der Waals surface area contributed by atoms with E-state index in [0.717, 1.165) is 31.5 Å². The summed E-state index contributed by atoms with van der Waals surface area (Å²) in [6.45, 7) is 8.37. The van der Waals surface area contributed by atoms with E-state index in [2.05, 4.69) is 19.2 Å². The highest BCUT2D eigenvalue weighted by Gasteiger charge is 2.14. The molecule has 0 saturated carbocycles. The molecule has 0 aliphatic heterocycles. The first-order valence-corrected chi connectivity index (χ1v) is 10.4. The van der Waals surface area contributed by atoms with E-state index in [1.165, 1.54) is 0 Å². The maximum absolute atomic E-state index is 12.2. The standard InChI is InChI=1S/C21H33ClN2O4/c1-5-11-24(12-6-2)20(26)10-8-9-19(25)23-15-16-13-17(22)21(28-7-3)18(14-16)27-4/h13-14H,5-12,15H2,1-4H3,(H,23,25). The van der Waals surface area contributed by atoms with Crippen molar-refractivity contribution < 1.29 is 19.1 Å². The smallest absolute Gasteiger partial charge is 0.222 e. The SMILES string of the molecule is CCCN(CCC)C(=O)CCCC(=O)NCc1cc(Cl)c(OCC)c(OC)c1. The highest BCUT2D eigenvalue weighted by Crippen LogP contribution is 2.36. The molecule has 0 heterocycles. The van der Waals surface area contributed by atoms with Gasteiger partial charge in [-0.15, -0.1) is 0 Å². The predicted octanol–water partition coefficient (Wildman–Crippen LogP) is 4.18. The molecule has 0 atom stereocenters. The number of carbonyl (C=O) groups is 2. The molecule has 0 saturated heterocycles. The highest BCUT2D eigenvalue weighted by molar-refractivity contribution is 6.32. The van der Waals surface area contributed by atoms with Crippen molar-refractivity contribution in [3.8, 4) is 11.5 Å². The first kappa shape index (κ1) is 24.1. The predicted molar refractivity (Wildman–Crippen MR) is 112 cm³/mol. The number of nitrogens with zero attached hydrogens (tertiary/aromatic N) is 1. The number of amides is 2. The Labute approximate surface area is 173 Å². The summed E-state index contributed by atoms with van der Waals surface area (Å²) in [6.07, 6.45) is 3.15. The minimum Gasteiger partial charge on any atom is -0.493 e. The Kier molecular flexibility index (Phi) is 11.4. The number of methoxy groups -OCH3 is 1. The van der Waals surface area contributed by atoms with Crippen LogP contribution in [-0.2, 0) is 16.1 Å². The van der Waals surface area contributed by atoms with Gasteiger partial charge in [0.25, 0.3) is 0 Å². The van der Waals surface area contributed by atoms with Crippen molar-refractivity contribution in [2.75, 3.05) is 26.8 Å². The quantitative estimate of drug-likeness (QED) is 0.527. The van der Waals surface area contributed by atoms with Gasteiger partial charge in [-0.1, -0.05) is 25.4 Å². The molecule has 6 nitrogen and oxygen atoms in total. The third-order valence-electron chi connectivity index (χ3n) is 4.20. The van der Waals surface area contributed by atoms with Crippen molar-refractivity contribution in [1.29, 1.82) is 0 Å². The number of rotatable bonds is 13. The van der Waals surface area contributed by atoms with Crippen molar-refractivity contribution >= 4 is 23.4 Å². The molecule has 1 aromatic rings. The Morgan fingerprint density at radius 3 is 2.36 bits per heavy atom. The molecule has 0 spiro atoms. The minimum atomic E-state index is -0.0886. The van der Waals surface area contributed by atoms with Gasteiger partial charge in [0.2, 0.25) is 11.8 Å². The molecular weight excluding hydrogens is 380 g/mol. The number of halogens is 1. The van der Waals surface area contributed by atoms with E-state index in [1.807, 2.05) is 11.8 Å². The number of carbonyl (C=O) groups excluding carboxylic acids is 2. The summed E-state index contributed by atoms with van der Waals surface area (Å²) in [5.41, 5.74) is 0.826. The van der Waals surface area contributed by atoms with Gasteiger partial charge in [-0.2, -0.15) is 0 Å². The molecule has 7 heteroatoms. The van der Waals surface area contributed by atoms with Crippen molar-refractivity contribution in [2.24, 2.45) is 0 Å². The lowest BCUT2D eigenvalue weighted by Crippen LogP contribution is -2.32. The Hall–Kier alpha value is -1.95. The molecule has 158 valence electrons. The zero-order valence-corrected chi connectivity index (χ0v) is 18.2. The summed E-state index contributed by atoms with van der Waals surface area (Å²) in [6, 6.07) is 3.56. The second-order valence-electron chi connectivity index (χ2n) is 6.55. The minimum absolute atomic E-state index is 0.0886. The monoisotopic (exact) mass is 412 g/mol. The van der Waals surface area contributed by atoms with Crippen LogP contribution >= 0.6 is 11.6 Å². The molecular formula is C21H33ClN2O4. The van der Waals surface area contributed by atoms with Gasteiger partial charge in [0.15, 0.2) is 11.5 Å². The molecule has 0 aliphatic rings. The van der Waals surface area contributed by atoms with Crippen molar-refractivity contribution in [3.63, 3.8) is 0 Å². The van der Waals surface area contributed by atoms with E-state index < -0.39 is 0 Å². The number of benzene rings is 1. The van der Waals surface area contributed by atoms with Gasteiger partial charge >= 0.3 is 0 Å².